The van der Waals surface area contributed by atoms with Gasteiger partial charge in [0.1, 0.15) is 4.21 Å². The van der Waals surface area contributed by atoms with E-state index in [1.54, 1.807) is 6.07 Å². The molecule has 2 N–H and O–H groups in total. The van der Waals surface area contributed by atoms with Crippen molar-refractivity contribution in [3.05, 3.63) is 40.9 Å². The van der Waals surface area contributed by atoms with Gasteiger partial charge in [-0.3, -0.25) is 0 Å². The molecule has 0 aliphatic rings. The highest BCUT2D eigenvalue weighted by Gasteiger charge is 2.17. The van der Waals surface area contributed by atoms with Crippen LogP contribution in [0.4, 0.5) is 0 Å². The molecule has 3 nitrogen and oxygen atoms in total. The molecule has 0 unspecified atom stereocenters. The number of halogens is 1. The van der Waals surface area contributed by atoms with Crippen LogP contribution in [0.2, 0.25) is 0 Å². The van der Waals surface area contributed by atoms with E-state index in [9.17, 15) is 8.42 Å². The van der Waals surface area contributed by atoms with Crippen molar-refractivity contribution in [1.29, 1.82) is 0 Å². The molecule has 1 aromatic heterocycles. The number of thiophene rings is 1. The number of sulfonamides is 1. The van der Waals surface area contributed by atoms with Gasteiger partial charge in [0.05, 0.1) is 4.21 Å². The molecule has 0 aliphatic carbocycles. The summed E-state index contributed by atoms with van der Waals surface area (Å²) in [6, 6.07) is 11.5. The van der Waals surface area contributed by atoms with E-state index in [1.807, 2.05) is 30.3 Å². The van der Waals surface area contributed by atoms with Crippen LogP contribution in [0, 0.1) is 0 Å². The predicted molar refractivity (Wildman–Crippen MR) is 74.0 cm³/mol. The average molecular weight is 350 g/mol. The van der Waals surface area contributed by atoms with E-state index in [1.165, 1.54) is 11.8 Å². The van der Waals surface area contributed by atoms with Crippen LogP contribution in [-0.2, 0) is 10.0 Å². The van der Waals surface area contributed by atoms with Crippen molar-refractivity contribution in [3.8, 4) is 0 Å². The molecule has 2 aromatic rings. The SMILES string of the molecule is NS(=O)(=O)c1sc(Sc2ccccc2)cc1Br. The minimum atomic E-state index is -3.65. The van der Waals surface area contributed by atoms with Gasteiger partial charge in [-0.05, 0) is 34.1 Å². The maximum absolute atomic E-state index is 11.3. The first-order valence-corrected chi connectivity index (χ1v) is 8.49. The Labute approximate surface area is 116 Å². The molecular weight excluding hydrogens is 342 g/mol. The minimum Gasteiger partial charge on any atom is -0.224 e. The zero-order chi connectivity index (χ0) is 12.5. The fraction of sp³-hybridized carbons (Fsp3) is 0. The van der Waals surface area contributed by atoms with E-state index in [0.29, 0.717) is 4.47 Å². The highest BCUT2D eigenvalue weighted by molar-refractivity contribution is 9.10. The topological polar surface area (TPSA) is 60.2 Å². The molecule has 0 atom stereocenters. The van der Waals surface area contributed by atoms with Crippen LogP contribution in [0.15, 0.2) is 54.2 Å². The standard InChI is InChI=1S/C10H8BrNO2S3/c11-8-6-9(16-10(8)17(12,13)14)15-7-4-2-1-3-5-7/h1-6H,(H2,12,13,14). The summed E-state index contributed by atoms with van der Waals surface area (Å²) < 4.78 is 24.1. The van der Waals surface area contributed by atoms with Gasteiger partial charge in [0, 0.05) is 9.37 Å². The lowest BCUT2D eigenvalue weighted by molar-refractivity contribution is 0.599. The summed E-state index contributed by atoms with van der Waals surface area (Å²) in [5, 5.41) is 5.11. The molecule has 0 fully saturated rings. The summed E-state index contributed by atoms with van der Waals surface area (Å²) in [4.78, 5) is 1.06. The molecule has 2 rings (SSSR count). The van der Waals surface area contributed by atoms with Gasteiger partial charge in [-0.25, -0.2) is 13.6 Å². The molecule has 1 aromatic carbocycles. The van der Waals surface area contributed by atoms with E-state index in [-0.39, 0.29) is 4.21 Å². The minimum absolute atomic E-state index is 0.163. The maximum Gasteiger partial charge on any atom is 0.248 e. The number of primary sulfonamides is 1. The van der Waals surface area contributed by atoms with E-state index in [4.69, 9.17) is 5.14 Å². The van der Waals surface area contributed by atoms with Gasteiger partial charge in [-0.15, -0.1) is 11.3 Å². The predicted octanol–water partition coefficient (Wildman–Crippen LogP) is 3.31. The molecule has 90 valence electrons. The zero-order valence-corrected chi connectivity index (χ0v) is 12.5. The number of nitrogens with two attached hydrogens (primary N) is 1. The molecule has 0 saturated carbocycles. The zero-order valence-electron chi connectivity index (χ0n) is 8.46. The van der Waals surface area contributed by atoms with Crippen LogP contribution in [-0.4, -0.2) is 8.42 Å². The van der Waals surface area contributed by atoms with Gasteiger partial charge < -0.3 is 0 Å². The molecule has 0 aliphatic heterocycles. The second-order valence-corrected chi connectivity index (χ2v) is 8.20. The van der Waals surface area contributed by atoms with Crippen LogP contribution in [0.25, 0.3) is 0 Å². The first-order valence-electron chi connectivity index (χ1n) is 4.52. The van der Waals surface area contributed by atoms with Crippen molar-refractivity contribution < 1.29 is 8.42 Å². The lowest BCUT2D eigenvalue weighted by atomic mass is 10.4. The summed E-state index contributed by atoms with van der Waals surface area (Å²) in [5.41, 5.74) is 0. The average Bonchev–Trinajstić information content (AvgIpc) is 2.60. The van der Waals surface area contributed by atoms with Gasteiger partial charge >= 0.3 is 0 Å². The molecule has 0 bridgehead atoms. The molecular formula is C10H8BrNO2S3. The fourth-order valence-corrected chi connectivity index (χ4v) is 5.78. The Morgan fingerprint density at radius 3 is 2.41 bits per heavy atom. The summed E-state index contributed by atoms with van der Waals surface area (Å²) >= 11 is 5.88. The van der Waals surface area contributed by atoms with E-state index >= 15 is 0 Å². The molecule has 1 heterocycles. The summed E-state index contributed by atoms with van der Waals surface area (Å²) in [5.74, 6) is 0. The van der Waals surface area contributed by atoms with Crippen molar-refractivity contribution in [2.75, 3.05) is 0 Å². The Hall–Kier alpha value is -0.340. The molecule has 0 radical (unpaired) electrons. The lowest BCUT2D eigenvalue weighted by Crippen LogP contribution is -2.10. The van der Waals surface area contributed by atoms with Crippen molar-refractivity contribution in [1.82, 2.24) is 0 Å². The van der Waals surface area contributed by atoms with Crippen LogP contribution in [0.1, 0.15) is 0 Å². The van der Waals surface area contributed by atoms with Crippen LogP contribution in [0.5, 0.6) is 0 Å². The van der Waals surface area contributed by atoms with Gasteiger partial charge in [-0.1, -0.05) is 30.0 Å². The summed E-state index contributed by atoms with van der Waals surface area (Å²) in [7, 11) is -3.65. The smallest absolute Gasteiger partial charge is 0.224 e. The Balaban J connectivity index is 2.31. The molecule has 0 spiro atoms. The third-order valence-electron chi connectivity index (χ3n) is 1.85. The summed E-state index contributed by atoms with van der Waals surface area (Å²) in [6.07, 6.45) is 0. The number of rotatable bonds is 3. The molecule has 17 heavy (non-hydrogen) atoms. The third-order valence-corrected chi connectivity index (χ3v) is 6.74. The first-order chi connectivity index (χ1) is 7.97. The Bertz CT molecular complexity index is 622. The van der Waals surface area contributed by atoms with Gasteiger partial charge in [0.2, 0.25) is 10.0 Å². The van der Waals surface area contributed by atoms with E-state index in [0.717, 1.165) is 20.4 Å². The van der Waals surface area contributed by atoms with Gasteiger partial charge in [0.15, 0.2) is 0 Å². The van der Waals surface area contributed by atoms with E-state index < -0.39 is 10.0 Å². The second kappa shape index (κ2) is 5.11. The highest BCUT2D eigenvalue weighted by Crippen LogP contribution is 2.39. The largest absolute Gasteiger partial charge is 0.248 e. The lowest BCUT2D eigenvalue weighted by Gasteiger charge is -1.96. The summed E-state index contributed by atoms with van der Waals surface area (Å²) in [6.45, 7) is 0. The maximum atomic E-state index is 11.3. The van der Waals surface area contributed by atoms with Crippen molar-refractivity contribution in [3.63, 3.8) is 0 Å². The third kappa shape index (κ3) is 3.32. The molecule has 0 saturated heterocycles. The Morgan fingerprint density at radius 2 is 1.88 bits per heavy atom. The highest BCUT2D eigenvalue weighted by atomic mass is 79.9. The first kappa shape index (κ1) is 13.1. The van der Waals surface area contributed by atoms with Crippen molar-refractivity contribution in [2.45, 2.75) is 13.3 Å². The number of hydrogen-bond donors (Lipinski definition) is 1. The quantitative estimate of drug-likeness (QED) is 0.924. The van der Waals surface area contributed by atoms with Crippen molar-refractivity contribution in [2.24, 2.45) is 5.14 Å². The van der Waals surface area contributed by atoms with Crippen LogP contribution < -0.4 is 5.14 Å². The van der Waals surface area contributed by atoms with Crippen LogP contribution >= 0.6 is 39.0 Å². The monoisotopic (exact) mass is 349 g/mol. The number of benzene rings is 1. The van der Waals surface area contributed by atoms with Gasteiger partial charge in [-0.2, -0.15) is 0 Å². The van der Waals surface area contributed by atoms with E-state index in [2.05, 4.69) is 15.9 Å². The van der Waals surface area contributed by atoms with Crippen LogP contribution in [0.3, 0.4) is 0 Å². The van der Waals surface area contributed by atoms with Gasteiger partial charge in [0.25, 0.3) is 0 Å². The Morgan fingerprint density at radius 1 is 1.24 bits per heavy atom. The fourth-order valence-electron chi connectivity index (χ4n) is 1.18. The normalized spacial score (nSPS) is 11.6. The number of hydrogen-bond acceptors (Lipinski definition) is 4. The second-order valence-electron chi connectivity index (χ2n) is 3.16. The van der Waals surface area contributed by atoms with Crippen molar-refractivity contribution >= 4 is 49.1 Å². The molecule has 7 heteroatoms. The molecule has 0 amide bonds. The Kier molecular flexibility index (Phi) is 3.94.